The number of hydrogen-bond acceptors (Lipinski definition) is 17. The van der Waals surface area contributed by atoms with Crippen molar-refractivity contribution < 1.29 is 68.5 Å². The Morgan fingerprint density at radius 2 is 0.903 bits per heavy atom. The van der Waals surface area contributed by atoms with Gasteiger partial charge in [0.25, 0.3) is 17.7 Å². The summed E-state index contributed by atoms with van der Waals surface area (Å²) in [5.74, 6) is 0.677. The number of H-pyrrole nitrogens is 2. The molecule has 16 rings (SSSR count). The molecule has 4 heterocycles. The number of halogens is 3. The van der Waals surface area contributed by atoms with Crippen LogP contribution in [-0.4, -0.2) is 109 Å². The summed E-state index contributed by atoms with van der Waals surface area (Å²) in [4.78, 5) is 56.5. The summed E-state index contributed by atoms with van der Waals surface area (Å²) in [5, 5.41) is 21.1. The Bertz CT molecular complexity index is 6620. The number of amides is 3. The fraction of sp³-hybridized carbons (Fsp3) is 0.263. The fourth-order valence-corrected chi connectivity index (χ4v) is 20.0. The highest BCUT2D eigenvalue weighted by molar-refractivity contribution is 7.89. The largest absolute Gasteiger partial charge is 0.494 e. The van der Waals surface area contributed by atoms with Gasteiger partial charge in [0.1, 0.15) is 39.3 Å². The number of rotatable bonds is 30. The van der Waals surface area contributed by atoms with E-state index in [1.165, 1.54) is 69.8 Å². The number of carboxylic acids is 1. The topological polar surface area (TPSA) is 308 Å². The van der Waals surface area contributed by atoms with Crippen molar-refractivity contribution in [2.45, 2.75) is 117 Å². The van der Waals surface area contributed by atoms with Crippen LogP contribution in [0.2, 0.25) is 15.1 Å². The third kappa shape index (κ3) is 23.7. The van der Waals surface area contributed by atoms with E-state index in [4.69, 9.17) is 53.8 Å². The number of thiophene rings is 2. The van der Waals surface area contributed by atoms with E-state index in [1.54, 1.807) is 24.3 Å². The second-order valence-electron chi connectivity index (χ2n) is 30.6. The summed E-state index contributed by atoms with van der Waals surface area (Å²) in [6.45, 7) is 6.55. The number of benzene rings is 10. The summed E-state index contributed by atoms with van der Waals surface area (Å²) in [7, 11) is -11.0. The highest BCUT2D eigenvalue weighted by Gasteiger charge is 2.27. The number of ether oxygens (including phenoxy) is 4. The molecule has 0 fully saturated rings. The van der Waals surface area contributed by atoms with Crippen LogP contribution in [0.15, 0.2) is 200 Å². The number of fused-ring (bicyclic) bond motifs is 7. The molecule has 10 aromatic carbocycles. The fourth-order valence-electron chi connectivity index (χ4n) is 15.7. The number of hydrogen-bond donors (Lipinski definition) is 7. The number of aromatic nitrogens is 2. The first-order valence-electron chi connectivity index (χ1n) is 40.7. The Morgan fingerprint density at radius 1 is 0.435 bits per heavy atom. The highest BCUT2D eigenvalue weighted by Crippen LogP contribution is 2.40. The number of aryl methyl sites for hydroxylation is 8. The molecule has 0 bridgehead atoms. The number of carboxylic acid groups (broad SMARTS) is 1. The second kappa shape index (κ2) is 41.2. The molecule has 0 saturated carbocycles. The molecule has 2 aliphatic rings. The normalized spacial score (nSPS) is 12.4. The van der Waals surface area contributed by atoms with Crippen molar-refractivity contribution in [3.63, 3.8) is 0 Å². The van der Waals surface area contributed by atoms with Gasteiger partial charge in [0, 0.05) is 53.5 Å². The first kappa shape index (κ1) is 90.8. The molecule has 14 aromatic rings. The van der Waals surface area contributed by atoms with E-state index in [-0.39, 0.29) is 11.4 Å². The first-order chi connectivity index (χ1) is 59.5. The van der Waals surface area contributed by atoms with Gasteiger partial charge in [-0.2, -0.15) is 0 Å². The lowest BCUT2D eigenvalue weighted by Gasteiger charge is -2.19. The van der Waals surface area contributed by atoms with Crippen LogP contribution in [0, 0.1) is 13.8 Å². The van der Waals surface area contributed by atoms with E-state index in [1.807, 2.05) is 152 Å². The summed E-state index contributed by atoms with van der Waals surface area (Å²) >= 11 is 20.9. The molecule has 21 nitrogen and oxygen atoms in total. The highest BCUT2D eigenvalue weighted by atomic mass is 35.5. The van der Waals surface area contributed by atoms with Crippen LogP contribution in [-0.2, 0) is 88.0 Å². The molecular formula is C95H95Cl3N6O15S5. The molecule has 0 atom stereocenters. The van der Waals surface area contributed by atoms with Gasteiger partial charge in [0.05, 0.1) is 60.5 Å². The molecule has 7 N–H and O–H groups in total. The predicted molar refractivity (Wildman–Crippen MR) is 500 cm³/mol. The van der Waals surface area contributed by atoms with E-state index in [9.17, 15) is 49.5 Å². The van der Waals surface area contributed by atoms with Gasteiger partial charge >= 0.3 is 5.97 Å². The average Bonchev–Trinajstić information content (AvgIpc) is 1.64. The Hall–Kier alpha value is -10.9. The van der Waals surface area contributed by atoms with Gasteiger partial charge < -0.3 is 39.3 Å². The van der Waals surface area contributed by atoms with Gasteiger partial charge in [-0.25, -0.2) is 44.2 Å². The van der Waals surface area contributed by atoms with Crippen molar-refractivity contribution in [3.05, 3.63) is 298 Å². The minimum absolute atomic E-state index is 0.236. The van der Waals surface area contributed by atoms with Crippen LogP contribution in [0.1, 0.15) is 146 Å². The van der Waals surface area contributed by atoms with Crippen LogP contribution in [0.3, 0.4) is 0 Å². The molecule has 124 heavy (non-hydrogen) atoms. The van der Waals surface area contributed by atoms with Crippen LogP contribution < -0.4 is 38.4 Å². The Kier molecular flexibility index (Phi) is 30.2. The maximum absolute atomic E-state index is 12.6. The van der Waals surface area contributed by atoms with Crippen molar-refractivity contribution in [1.82, 2.24) is 24.1 Å². The van der Waals surface area contributed by atoms with E-state index < -0.39 is 53.8 Å². The number of aromatic amines is 2. The lowest BCUT2D eigenvalue weighted by atomic mass is 9.91. The molecule has 0 radical (unpaired) electrons. The molecular weight excluding hydrogens is 1730 g/mol. The third-order valence-corrected chi connectivity index (χ3v) is 26.4. The van der Waals surface area contributed by atoms with E-state index in [0.29, 0.717) is 103 Å². The lowest BCUT2D eigenvalue weighted by Crippen LogP contribution is -2.30. The summed E-state index contributed by atoms with van der Waals surface area (Å²) in [6.07, 6.45) is 15.9. The lowest BCUT2D eigenvalue weighted by molar-refractivity contribution is 0.0700. The van der Waals surface area contributed by atoms with E-state index in [2.05, 4.69) is 67.2 Å². The van der Waals surface area contributed by atoms with E-state index >= 15 is 0 Å². The smallest absolute Gasteiger partial charge is 0.346 e. The predicted octanol–water partition coefficient (Wildman–Crippen LogP) is 20.7. The number of sulfonamides is 3. The standard InChI is InChI=1S/C29H25NO3S.C23H25ClN2O4S.C22H24N2O4S.C21H21Cl2NO4S2/c31-29(32)28-24(15-8-18-33-26-17-6-12-21-11-4-5-13-22(21)26)23-14-7-16-25(27(23)34-28)30-19-20-9-2-1-3-10-20;1-31(28,29)26-23(27)22-19(18-12-11-16(24)14-20(18)25-22)9-5-13-30-21-10-4-7-15-6-2-3-8-17(15)21;1-29(26,27)24-22(25)21-18(17-9-2-3-12-19(17)23-21)11-6-14-28-20-13-5-8-15-7-4-10-16(15)20;1-12-9-15(10-13(2)19(12)23)28-8-4-5-17-16-7-6-14(22)11-18(16)29-20(17)21(25)24-30(3,26)27/h1-7,9-14,16-17,30H,8,15,18-19H2,(H,31,32);4,7,10-12,14,25H,2-3,5-6,8-9,13H2,1H3,(H,26,27);2-3,5,8-9,12-13,23H,4,6-7,10-11,14H2,1H3,(H,24,25);6-7,9-11H,4-5,8H2,1-3H3,(H,24,25). The first-order valence-corrected chi connectivity index (χ1v) is 49.1. The Morgan fingerprint density at radius 3 is 1.52 bits per heavy atom. The number of carbonyl (C=O) groups excluding carboxylic acids is 3. The van der Waals surface area contributed by atoms with E-state index in [0.717, 1.165) is 165 Å². The molecule has 646 valence electrons. The minimum Gasteiger partial charge on any atom is -0.494 e. The van der Waals surface area contributed by atoms with Crippen LogP contribution in [0.4, 0.5) is 5.69 Å². The zero-order valence-corrected chi connectivity index (χ0v) is 75.4. The van der Waals surface area contributed by atoms with Crippen molar-refractivity contribution in [1.29, 1.82) is 0 Å². The summed E-state index contributed by atoms with van der Waals surface area (Å²) in [5.41, 5.74) is 14.7. The van der Waals surface area contributed by atoms with Gasteiger partial charge in [-0.05, 0) is 254 Å². The van der Waals surface area contributed by atoms with Gasteiger partial charge in [-0.3, -0.25) is 14.4 Å². The van der Waals surface area contributed by atoms with Gasteiger partial charge in [-0.1, -0.05) is 168 Å². The minimum atomic E-state index is -3.67. The number of para-hydroxylation sites is 1. The number of carbonyl (C=O) groups is 4. The molecule has 0 saturated heterocycles. The SMILES string of the molecule is CS(=O)(=O)NC(=O)c1[nH]c2cc(Cl)ccc2c1CCCOc1cccc2c1CCCC2.CS(=O)(=O)NC(=O)c1[nH]c2ccccc2c1CCCOc1cccc2c1CCC2.Cc1cc(OCCCc2c(C(=O)NS(C)(=O)=O)sc3cc(Cl)ccc23)cc(C)c1Cl.O=C(O)c1sc2c(NCc3ccccc3)cccc2c1CCCOc1cccc2ccccc12. The molecule has 29 heteroatoms. The van der Waals surface area contributed by atoms with Gasteiger partial charge in [0.15, 0.2) is 0 Å². The monoisotopic (exact) mass is 1820 g/mol. The maximum Gasteiger partial charge on any atom is 0.346 e. The summed E-state index contributed by atoms with van der Waals surface area (Å²) in [6, 6.07) is 64.9. The molecule has 0 spiro atoms. The van der Waals surface area contributed by atoms with Crippen molar-refractivity contribution >= 4 is 170 Å². The summed E-state index contributed by atoms with van der Waals surface area (Å²) < 4.78 is 101. The van der Waals surface area contributed by atoms with Crippen molar-refractivity contribution in [3.8, 4) is 23.0 Å². The number of aromatic carboxylic acids is 1. The van der Waals surface area contributed by atoms with Crippen LogP contribution in [0.5, 0.6) is 23.0 Å². The zero-order chi connectivity index (χ0) is 87.8. The average molecular weight is 1830 g/mol. The second-order valence-corrected chi connectivity index (χ2v) is 39.2. The molecule has 3 amide bonds. The van der Waals surface area contributed by atoms with Crippen molar-refractivity contribution in [2.24, 2.45) is 0 Å². The molecule has 0 unspecified atom stereocenters. The number of nitrogens with one attached hydrogen (secondary N) is 6. The zero-order valence-electron chi connectivity index (χ0n) is 69.0. The van der Waals surface area contributed by atoms with Crippen molar-refractivity contribution in [2.75, 3.05) is 50.5 Å². The molecule has 2 aliphatic carbocycles. The molecule has 4 aromatic heterocycles. The van der Waals surface area contributed by atoms with Gasteiger partial charge in [-0.15, -0.1) is 22.7 Å². The van der Waals surface area contributed by atoms with Crippen LogP contribution >= 0.6 is 57.5 Å². The van der Waals surface area contributed by atoms with Crippen LogP contribution in [0.25, 0.3) is 52.8 Å². The van der Waals surface area contributed by atoms with Gasteiger partial charge in [0.2, 0.25) is 30.1 Å². The quantitative estimate of drug-likeness (QED) is 0.0206. The third-order valence-electron chi connectivity index (χ3n) is 21.2. The Labute approximate surface area is 744 Å². The maximum atomic E-state index is 12.6. The Balaban J connectivity index is 0.000000142. The number of anilines is 1. The molecule has 0 aliphatic heterocycles.